The van der Waals surface area contributed by atoms with Gasteiger partial charge in [-0.25, -0.2) is 4.79 Å². The maximum atomic E-state index is 11.9. The van der Waals surface area contributed by atoms with Gasteiger partial charge in [0.2, 0.25) is 0 Å². The van der Waals surface area contributed by atoms with E-state index in [1.807, 2.05) is 12.1 Å². The van der Waals surface area contributed by atoms with Gasteiger partial charge >= 0.3 is 11.9 Å². The lowest BCUT2D eigenvalue weighted by Gasteiger charge is -2.08. The van der Waals surface area contributed by atoms with Gasteiger partial charge in [-0.3, -0.25) is 4.79 Å². The fourth-order valence-electron chi connectivity index (χ4n) is 1.65. The third-order valence-electron chi connectivity index (χ3n) is 2.68. The van der Waals surface area contributed by atoms with Crippen LogP contribution in [0.25, 0.3) is 0 Å². The van der Waals surface area contributed by atoms with Crippen molar-refractivity contribution in [2.75, 3.05) is 0 Å². The summed E-state index contributed by atoms with van der Waals surface area (Å²) >= 11 is 6.56. The zero-order valence-electron chi connectivity index (χ0n) is 11.9. The zero-order valence-corrected chi connectivity index (χ0v) is 15.1. The predicted molar refractivity (Wildman–Crippen MR) is 93.3 cm³/mol. The van der Waals surface area contributed by atoms with Crippen molar-refractivity contribution in [3.05, 3.63) is 69.6 Å². The van der Waals surface area contributed by atoms with Gasteiger partial charge in [0.15, 0.2) is 0 Å². The van der Waals surface area contributed by atoms with Crippen molar-refractivity contribution in [2.24, 2.45) is 0 Å². The standard InChI is InChI=1S/C17H12Br2O4/c1-11(17(21)23-15-7-3-5-13(19)10-15)8-16(20)22-14-6-2-4-12(18)9-14/h2-7,9-10H,1,8H2. The molecule has 0 saturated carbocycles. The van der Waals surface area contributed by atoms with E-state index in [2.05, 4.69) is 38.4 Å². The van der Waals surface area contributed by atoms with Crippen LogP contribution in [0.1, 0.15) is 6.42 Å². The van der Waals surface area contributed by atoms with Gasteiger partial charge in [0.1, 0.15) is 11.5 Å². The Morgan fingerprint density at radius 1 is 0.913 bits per heavy atom. The fourth-order valence-corrected chi connectivity index (χ4v) is 2.41. The van der Waals surface area contributed by atoms with Gasteiger partial charge in [0.05, 0.1) is 6.42 Å². The summed E-state index contributed by atoms with van der Waals surface area (Å²) in [7, 11) is 0. The second-order valence-corrected chi connectivity index (χ2v) is 6.39. The number of rotatable bonds is 5. The van der Waals surface area contributed by atoms with Gasteiger partial charge in [-0.15, -0.1) is 0 Å². The third-order valence-corrected chi connectivity index (χ3v) is 3.67. The lowest BCUT2D eigenvalue weighted by molar-refractivity contribution is -0.136. The molecule has 2 rings (SSSR count). The highest BCUT2D eigenvalue weighted by Crippen LogP contribution is 2.20. The summed E-state index contributed by atoms with van der Waals surface area (Å²) in [5, 5.41) is 0. The molecule has 0 radical (unpaired) electrons. The van der Waals surface area contributed by atoms with Crippen molar-refractivity contribution < 1.29 is 19.1 Å². The van der Waals surface area contributed by atoms with E-state index in [9.17, 15) is 9.59 Å². The number of esters is 2. The molecule has 23 heavy (non-hydrogen) atoms. The van der Waals surface area contributed by atoms with Crippen LogP contribution in [0.2, 0.25) is 0 Å². The number of benzene rings is 2. The van der Waals surface area contributed by atoms with Crippen LogP contribution in [0.4, 0.5) is 0 Å². The predicted octanol–water partition coefficient (Wildman–Crippen LogP) is 4.67. The minimum Gasteiger partial charge on any atom is -0.426 e. The lowest BCUT2D eigenvalue weighted by atomic mass is 10.2. The quantitative estimate of drug-likeness (QED) is 0.386. The summed E-state index contributed by atoms with van der Waals surface area (Å²) in [6.45, 7) is 3.58. The third kappa shape index (κ3) is 5.65. The number of halogens is 2. The van der Waals surface area contributed by atoms with Crippen LogP contribution < -0.4 is 9.47 Å². The highest BCUT2D eigenvalue weighted by molar-refractivity contribution is 9.10. The summed E-state index contributed by atoms with van der Waals surface area (Å²) in [5.74, 6) is -0.503. The Bertz CT molecular complexity index is 756. The Morgan fingerprint density at radius 3 is 1.96 bits per heavy atom. The molecule has 6 heteroatoms. The summed E-state index contributed by atoms with van der Waals surface area (Å²) in [6, 6.07) is 13.7. The van der Waals surface area contributed by atoms with Crippen molar-refractivity contribution in [3.63, 3.8) is 0 Å². The average Bonchev–Trinajstić information content (AvgIpc) is 2.47. The Morgan fingerprint density at radius 2 is 1.43 bits per heavy atom. The second-order valence-electron chi connectivity index (χ2n) is 4.56. The fraction of sp³-hybridized carbons (Fsp3) is 0.0588. The van der Waals surface area contributed by atoms with E-state index in [0.29, 0.717) is 11.5 Å². The molecule has 0 aliphatic rings. The van der Waals surface area contributed by atoms with E-state index in [0.717, 1.165) is 8.95 Å². The molecule has 0 aliphatic heterocycles. The number of hydrogen-bond donors (Lipinski definition) is 0. The molecular weight excluding hydrogens is 428 g/mol. The topological polar surface area (TPSA) is 52.6 Å². The normalized spacial score (nSPS) is 10.0. The second kappa shape index (κ2) is 8.08. The van der Waals surface area contributed by atoms with E-state index in [-0.39, 0.29) is 12.0 Å². The SMILES string of the molecule is C=C(CC(=O)Oc1cccc(Br)c1)C(=O)Oc1cccc(Br)c1. The number of carbonyl (C=O) groups is 2. The Labute approximate surface area is 150 Å². The van der Waals surface area contributed by atoms with Crippen LogP contribution >= 0.6 is 31.9 Å². The van der Waals surface area contributed by atoms with Crippen LogP contribution in [0, 0.1) is 0 Å². The van der Waals surface area contributed by atoms with E-state index >= 15 is 0 Å². The first-order valence-corrected chi connectivity index (χ1v) is 8.14. The van der Waals surface area contributed by atoms with Crippen LogP contribution in [0.5, 0.6) is 11.5 Å². The first-order chi connectivity index (χ1) is 10.9. The van der Waals surface area contributed by atoms with Crippen LogP contribution in [-0.2, 0) is 9.59 Å². The first-order valence-electron chi connectivity index (χ1n) is 6.56. The van der Waals surface area contributed by atoms with Crippen LogP contribution in [0.15, 0.2) is 69.6 Å². The number of hydrogen-bond acceptors (Lipinski definition) is 4. The molecule has 0 aliphatic carbocycles. The maximum absolute atomic E-state index is 11.9. The average molecular weight is 440 g/mol. The molecular formula is C17H12Br2O4. The number of carbonyl (C=O) groups excluding carboxylic acids is 2. The van der Waals surface area contributed by atoms with Crippen LogP contribution in [-0.4, -0.2) is 11.9 Å². The summed E-state index contributed by atoms with van der Waals surface area (Å²) in [5.41, 5.74) is 0.0185. The monoisotopic (exact) mass is 438 g/mol. The van der Waals surface area contributed by atoms with Gasteiger partial charge < -0.3 is 9.47 Å². The van der Waals surface area contributed by atoms with E-state index in [4.69, 9.17) is 9.47 Å². The molecule has 0 amide bonds. The summed E-state index contributed by atoms with van der Waals surface area (Å²) < 4.78 is 11.9. The minimum absolute atomic E-state index is 0.0185. The van der Waals surface area contributed by atoms with Gasteiger partial charge in [0.25, 0.3) is 0 Å². The lowest BCUT2D eigenvalue weighted by Crippen LogP contribution is -2.16. The molecule has 0 spiro atoms. The van der Waals surface area contributed by atoms with E-state index in [1.165, 1.54) is 0 Å². The maximum Gasteiger partial charge on any atom is 0.339 e. The number of ether oxygens (including phenoxy) is 2. The molecule has 0 heterocycles. The molecule has 0 saturated heterocycles. The molecule has 0 N–H and O–H groups in total. The minimum atomic E-state index is -0.672. The Kier molecular flexibility index (Phi) is 6.12. The molecule has 0 aromatic heterocycles. The van der Waals surface area contributed by atoms with Gasteiger partial charge in [-0.2, -0.15) is 0 Å². The smallest absolute Gasteiger partial charge is 0.339 e. The molecule has 4 nitrogen and oxygen atoms in total. The van der Waals surface area contributed by atoms with Crippen molar-refractivity contribution in [2.45, 2.75) is 6.42 Å². The molecule has 0 bridgehead atoms. The van der Waals surface area contributed by atoms with Gasteiger partial charge in [-0.05, 0) is 36.4 Å². The first kappa shape index (κ1) is 17.4. The molecule has 0 fully saturated rings. The Hall–Kier alpha value is -1.92. The highest BCUT2D eigenvalue weighted by Gasteiger charge is 2.16. The highest BCUT2D eigenvalue weighted by atomic mass is 79.9. The van der Waals surface area contributed by atoms with Crippen molar-refractivity contribution in [3.8, 4) is 11.5 Å². The molecule has 0 atom stereocenters. The summed E-state index contributed by atoms with van der Waals surface area (Å²) in [6.07, 6.45) is -0.251. The van der Waals surface area contributed by atoms with Crippen LogP contribution in [0.3, 0.4) is 0 Å². The zero-order chi connectivity index (χ0) is 16.8. The van der Waals surface area contributed by atoms with Crippen molar-refractivity contribution >= 4 is 43.8 Å². The summed E-state index contributed by atoms with van der Waals surface area (Å²) in [4.78, 5) is 23.7. The largest absolute Gasteiger partial charge is 0.426 e. The van der Waals surface area contributed by atoms with E-state index < -0.39 is 11.9 Å². The molecule has 118 valence electrons. The molecule has 0 unspecified atom stereocenters. The van der Waals surface area contributed by atoms with Gasteiger partial charge in [-0.1, -0.05) is 50.6 Å². The van der Waals surface area contributed by atoms with Crippen molar-refractivity contribution in [1.29, 1.82) is 0 Å². The molecule has 2 aromatic carbocycles. The van der Waals surface area contributed by atoms with Gasteiger partial charge in [0, 0.05) is 14.5 Å². The van der Waals surface area contributed by atoms with Crippen molar-refractivity contribution in [1.82, 2.24) is 0 Å². The van der Waals surface area contributed by atoms with E-state index in [1.54, 1.807) is 36.4 Å². The molecule has 2 aromatic rings. The Balaban J connectivity index is 1.90.